The fourth-order valence-electron chi connectivity index (χ4n) is 1.92. The van der Waals surface area contributed by atoms with Crippen molar-refractivity contribution in [1.82, 2.24) is 20.4 Å². The van der Waals surface area contributed by atoms with Gasteiger partial charge in [-0.15, -0.1) is 0 Å². The predicted molar refractivity (Wildman–Crippen MR) is 57.5 cm³/mol. The Bertz CT molecular complexity index is 462. The molecule has 0 aliphatic carbocycles. The van der Waals surface area contributed by atoms with E-state index in [4.69, 9.17) is 4.52 Å². The fraction of sp³-hybridized carbons (Fsp3) is 0.364. The Morgan fingerprint density at radius 2 is 2.19 bits per heavy atom. The van der Waals surface area contributed by atoms with Crippen molar-refractivity contribution in [3.63, 3.8) is 0 Å². The van der Waals surface area contributed by atoms with Crippen molar-refractivity contribution in [2.75, 3.05) is 6.54 Å². The van der Waals surface area contributed by atoms with Gasteiger partial charge in [0.15, 0.2) is 17.3 Å². The van der Waals surface area contributed by atoms with E-state index in [1.54, 1.807) is 18.5 Å². The molecule has 1 fully saturated rings. The quantitative estimate of drug-likeness (QED) is 0.825. The zero-order chi connectivity index (χ0) is 10.8. The van der Waals surface area contributed by atoms with Crippen LogP contribution in [0.5, 0.6) is 0 Å². The molecule has 1 saturated heterocycles. The van der Waals surface area contributed by atoms with Crippen LogP contribution in [-0.2, 0) is 0 Å². The normalized spacial score (nSPS) is 20.1. The van der Waals surface area contributed by atoms with Crippen molar-refractivity contribution >= 4 is 0 Å². The summed E-state index contributed by atoms with van der Waals surface area (Å²) in [6, 6.07) is 3.99. The largest absolute Gasteiger partial charge is 0.359 e. The van der Waals surface area contributed by atoms with Gasteiger partial charge in [-0.2, -0.15) is 0 Å². The lowest BCUT2D eigenvalue weighted by Gasteiger charge is -2.02. The topological polar surface area (TPSA) is 63.8 Å². The Balaban J connectivity index is 1.87. The van der Waals surface area contributed by atoms with E-state index in [0.717, 1.165) is 18.7 Å². The van der Waals surface area contributed by atoms with Crippen molar-refractivity contribution in [2.24, 2.45) is 0 Å². The number of nitrogens with one attached hydrogen (secondary N) is 1. The highest BCUT2D eigenvalue weighted by Crippen LogP contribution is 2.25. The smallest absolute Gasteiger partial charge is 0.181 e. The van der Waals surface area contributed by atoms with Gasteiger partial charge < -0.3 is 9.84 Å². The Labute approximate surface area is 92.9 Å². The number of hydrogen-bond donors (Lipinski definition) is 1. The molecule has 2 aromatic rings. The van der Waals surface area contributed by atoms with Crippen LogP contribution >= 0.6 is 0 Å². The van der Waals surface area contributed by atoms with E-state index in [2.05, 4.69) is 20.4 Å². The van der Waals surface area contributed by atoms with Crippen molar-refractivity contribution in [3.8, 4) is 11.5 Å². The number of aromatic nitrogens is 3. The third-order valence-electron chi connectivity index (χ3n) is 2.73. The molecule has 0 unspecified atom stereocenters. The molecule has 1 aliphatic rings. The zero-order valence-corrected chi connectivity index (χ0v) is 8.76. The summed E-state index contributed by atoms with van der Waals surface area (Å²) in [5.74, 6) is 1.48. The van der Waals surface area contributed by atoms with E-state index in [-0.39, 0.29) is 0 Å². The first-order chi connectivity index (χ1) is 7.93. The van der Waals surface area contributed by atoms with Crippen molar-refractivity contribution < 1.29 is 4.52 Å². The van der Waals surface area contributed by atoms with Gasteiger partial charge in [-0.1, -0.05) is 5.16 Å². The van der Waals surface area contributed by atoms with Crippen molar-refractivity contribution in [1.29, 1.82) is 0 Å². The molecule has 16 heavy (non-hydrogen) atoms. The Kier molecular flexibility index (Phi) is 2.38. The van der Waals surface area contributed by atoms with Crippen LogP contribution in [0.1, 0.15) is 24.6 Å². The number of rotatable bonds is 2. The molecule has 0 bridgehead atoms. The van der Waals surface area contributed by atoms with E-state index in [9.17, 15) is 0 Å². The Hall–Kier alpha value is -1.75. The van der Waals surface area contributed by atoms with Gasteiger partial charge in [0.25, 0.3) is 0 Å². The molecule has 2 aromatic heterocycles. The first-order valence-electron chi connectivity index (χ1n) is 5.41. The average Bonchev–Trinajstić information content (AvgIpc) is 3.01. The molecular formula is C11H12N4O. The summed E-state index contributed by atoms with van der Waals surface area (Å²) in [6.07, 6.45) is 5.68. The summed E-state index contributed by atoms with van der Waals surface area (Å²) in [5, 5.41) is 7.35. The average molecular weight is 216 g/mol. The van der Waals surface area contributed by atoms with Crippen LogP contribution in [0.15, 0.2) is 29.0 Å². The molecule has 0 radical (unpaired) electrons. The molecule has 3 heterocycles. The lowest BCUT2D eigenvalue weighted by Crippen LogP contribution is -2.11. The minimum atomic E-state index is 0.296. The third kappa shape index (κ3) is 1.69. The van der Waals surface area contributed by atoms with E-state index in [1.165, 1.54) is 6.42 Å². The molecule has 1 aliphatic heterocycles. The molecule has 5 nitrogen and oxygen atoms in total. The SMILES string of the molecule is c1cnc(-c2cc([C@@H]3CCCN3)on2)nc1. The van der Waals surface area contributed by atoms with Crippen LogP contribution in [0.3, 0.4) is 0 Å². The van der Waals surface area contributed by atoms with Crippen molar-refractivity contribution in [3.05, 3.63) is 30.3 Å². The fourth-order valence-corrected chi connectivity index (χ4v) is 1.92. The second-order valence-electron chi connectivity index (χ2n) is 3.84. The lowest BCUT2D eigenvalue weighted by molar-refractivity contribution is 0.353. The minimum Gasteiger partial charge on any atom is -0.359 e. The molecular weight excluding hydrogens is 204 g/mol. The summed E-state index contributed by atoms with van der Waals surface area (Å²) < 4.78 is 5.31. The van der Waals surface area contributed by atoms with E-state index < -0.39 is 0 Å². The first-order valence-corrected chi connectivity index (χ1v) is 5.41. The molecule has 0 spiro atoms. The van der Waals surface area contributed by atoms with E-state index >= 15 is 0 Å². The minimum absolute atomic E-state index is 0.296. The number of hydrogen-bond acceptors (Lipinski definition) is 5. The summed E-state index contributed by atoms with van der Waals surface area (Å²) in [5.41, 5.74) is 0.698. The first kappa shape index (κ1) is 9.47. The summed E-state index contributed by atoms with van der Waals surface area (Å²) in [6.45, 7) is 1.04. The molecule has 0 saturated carbocycles. The number of nitrogens with zero attached hydrogens (tertiary/aromatic N) is 3. The van der Waals surface area contributed by atoms with Gasteiger partial charge >= 0.3 is 0 Å². The molecule has 82 valence electrons. The summed E-state index contributed by atoms with van der Waals surface area (Å²) in [7, 11) is 0. The Morgan fingerprint density at radius 1 is 1.31 bits per heavy atom. The summed E-state index contributed by atoms with van der Waals surface area (Å²) in [4.78, 5) is 8.27. The molecule has 5 heteroatoms. The molecule has 3 rings (SSSR count). The highest BCUT2D eigenvalue weighted by molar-refractivity contribution is 5.48. The second-order valence-corrected chi connectivity index (χ2v) is 3.84. The predicted octanol–water partition coefficient (Wildman–Crippen LogP) is 1.56. The monoisotopic (exact) mass is 216 g/mol. The van der Waals surface area contributed by atoms with Gasteiger partial charge in [0.2, 0.25) is 0 Å². The maximum absolute atomic E-state index is 5.31. The van der Waals surface area contributed by atoms with E-state index in [1.807, 2.05) is 6.07 Å². The van der Waals surface area contributed by atoms with Gasteiger partial charge in [0.1, 0.15) is 0 Å². The molecule has 0 amide bonds. The molecule has 1 N–H and O–H groups in total. The van der Waals surface area contributed by atoms with Gasteiger partial charge in [-0.25, -0.2) is 9.97 Å². The standard InChI is InChI=1S/C11H12N4O/c1-3-8(12-4-1)10-7-9(15-16-10)11-13-5-2-6-14-11/h2,5-8,12H,1,3-4H2/t8-/m0/s1. The van der Waals surface area contributed by atoms with Crippen LogP contribution in [0, 0.1) is 0 Å². The third-order valence-corrected chi connectivity index (χ3v) is 2.73. The molecule has 0 aromatic carbocycles. The van der Waals surface area contributed by atoms with Gasteiger partial charge in [0.05, 0.1) is 6.04 Å². The maximum atomic E-state index is 5.31. The van der Waals surface area contributed by atoms with Crippen LogP contribution in [-0.4, -0.2) is 21.7 Å². The van der Waals surface area contributed by atoms with Crippen LogP contribution in [0.4, 0.5) is 0 Å². The van der Waals surface area contributed by atoms with Crippen LogP contribution in [0.2, 0.25) is 0 Å². The van der Waals surface area contributed by atoms with Gasteiger partial charge in [0, 0.05) is 18.5 Å². The highest BCUT2D eigenvalue weighted by Gasteiger charge is 2.21. The van der Waals surface area contributed by atoms with Gasteiger partial charge in [-0.3, -0.25) is 0 Å². The van der Waals surface area contributed by atoms with Gasteiger partial charge in [-0.05, 0) is 25.5 Å². The van der Waals surface area contributed by atoms with E-state index in [0.29, 0.717) is 17.6 Å². The zero-order valence-electron chi connectivity index (χ0n) is 8.76. The van der Waals surface area contributed by atoms with Crippen LogP contribution < -0.4 is 5.32 Å². The van der Waals surface area contributed by atoms with Crippen molar-refractivity contribution in [2.45, 2.75) is 18.9 Å². The maximum Gasteiger partial charge on any atom is 0.181 e. The lowest BCUT2D eigenvalue weighted by atomic mass is 10.1. The molecule has 1 atom stereocenters. The van der Waals surface area contributed by atoms with Crippen LogP contribution in [0.25, 0.3) is 11.5 Å². The Morgan fingerprint density at radius 3 is 2.94 bits per heavy atom. The highest BCUT2D eigenvalue weighted by atomic mass is 16.5. The second kappa shape index (κ2) is 4.02. The summed E-state index contributed by atoms with van der Waals surface area (Å²) >= 11 is 0.